The van der Waals surface area contributed by atoms with Gasteiger partial charge in [0.05, 0.1) is 0 Å². The van der Waals surface area contributed by atoms with Crippen LogP contribution in [-0.2, 0) is 4.74 Å². The topological polar surface area (TPSA) is 42.4 Å². The molecule has 2 aromatic rings. The van der Waals surface area contributed by atoms with Crippen molar-refractivity contribution >= 4 is 22.6 Å². The van der Waals surface area contributed by atoms with Crippen molar-refractivity contribution in [3.63, 3.8) is 0 Å². The van der Waals surface area contributed by atoms with Gasteiger partial charge in [0.2, 0.25) is 5.76 Å². The van der Waals surface area contributed by atoms with Gasteiger partial charge in [0.15, 0.2) is 0 Å². The van der Waals surface area contributed by atoms with Crippen molar-refractivity contribution in [3.8, 4) is 0 Å². The van der Waals surface area contributed by atoms with E-state index in [-0.39, 0.29) is 5.56 Å². The smallest absolute Gasteiger partial charge is 0.404 e. The van der Waals surface area contributed by atoms with E-state index >= 15 is 0 Å². The van der Waals surface area contributed by atoms with Crippen LogP contribution in [0.2, 0.25) is 0 Å². The molecule has 2 rings (SSSR count). The Labute approximate surface area is 127 Å². The number of amides is 1. The molecule has 1 aromatic carbocycles. The van der Waals surface area contributed by atoms with Gasteiger partial charge in [0.1, 0.15) is 0 Å². The predicted molar refractivity (Wildman–Crippen MR) is 80.3 cm³/mol. The fourth-order valence-electron chi connectivity index (χ4n) is 2.13. The molecule has 0 atom stereocenters. The SMILES string of the molecule is CCN(CC)C(=O)OC(=C(F)F)c1cncc2ccccc12. The molecule has 0 aliphatic heterocycles. The Kier molecular flexibility index (Phi) is 5.04. The molecule has 0 aliphatic rings. The number of fused-ring (bicyclic) bond motifs is 1. The van der Waals surface area contributed by atoms with Crippen LogP contribution in [0.5, 0.6) is 0 Å². The standard InChI is InChI=1S/C16H16F2N2O2/c1-3-20(4-2)16(21)22-14(15(17)18)13-10-19-9-11-7-5-6-8-12(11)13/h5-10H,3-4H2,1-2H3. The normalized spacial score (nSPS) is 10.4. The van der Waals surface area contributed by atoms with E-state index in [2.05, 4.69) is 4.98 Å². The van der Waals surface area contributed by atoms with Gasteiger partial charge in [-0.1, -0.05) is 24.3 Å². The van der Waals surface area contributed by atoms with Gasteiger partial charge in [-0.3, -0.25) is 4.98 Å². The maximum absolute atomic E-state index is 13.3. The summed E-state index contributed by atoms with van der Waals surface area (Å²) >= 11 is 0. The summed E-state index contributed by atoms with van der Waals surface area (Å²) in [5, 5.41) is 1.24. The van der Waals surface area contributed by atoms with Gasteiger partial charge in [-0.25, -0.2) is 4.79 Å². The third-order valence-corrected chi connectivity index (χ3v) is 3.30. The number of benzene rings is 1. The molecular formula is C16H16F2N2O2. The molecule has 1 amide bonds. The first kappa shape index (κ1) is 15.9. The monoisotopic (exact) mass is 306 g/mol. The quantitative estimate of drug-likeness (QED) is 0.792. The molecule has 4 nitrogen and oxygen atoms in total. The van der Waals surface area contributed by atoms with Gasteiger partial charge in [0, 0.05) is 36.4 Å². The molecule has 0 fully saturated rings. The van der Waals surface area contributed by atoms with E-state index in [4.69, 9.17) is 4.74 Å². The first-order chi connectivity index (χ1) is 10.6. The zero-order valence-electron chi connectivity index (χ0n) is 12.3. The molecule has 0 spiro atoms. The fraction of sp³-hybridized carbons (Fsp3) is 0.250. The van der Waals surface area contributed by atoms with Gasteiger partial charge in [-0.05, 0) is 19.2 Å². The molecule has 0 aliphatic carbocycles. The lowest BCUT2D eigenvalue weighted by Gasteiger charge is -2.19. The largest absolute Gasteiger partial charge is 0.415 e. The van der Waals surface area contributed by atoms with Crippen molar-refractivity contribution in [2.75, 3.05) is 13.1 Å². The van der Waals surface area contributed by atoms with Crippen LogP contribution < -0.4 is 0 Å². The van der Waals surface area contributed by atoms with Crippen LogP contribution in [0.25, 0.3) is 16.5 Å². The number of aromatic nitrogens is 1. The Morgan fingerprint density at radius 1 is 1.18 bits per heavy atom. The highest BCUT2D eigenvalue weighted by molar-refractivity contribution is 5.93. The molecule has 0 radical (unpaired) electrons. The molecule has 6 heteroatoms. The zero-order valence-corrected chi connectivity index (χ0v) is 12.3. The number of halogens is 2. The second-order valence-electron chi connectivity index (χ2n) is 4.54. The van der Waals surface area contributed by atoms with E-state index in [0.717, 1.165) is 0 Å². The summed E-state index contributed by atoms with van der Waals surface area (Å²) in [6, 6.07) is 6.95. The van der Waals surface area contributed by atoms with E-state index in [1.54, 1.807) is 44.3 Å². The maximum atomic E-state index is 13.3. The third kappa shape index (κ3) is 3.21. The van der Waals surface area contributed by atoms with Crippen LogP contribution in [0.4, 0.5) is 13.6 Å². The van der Waals surface area contributed by atoms with Crippen molar-refractivity contribution in [3.05, 3.63) is 48.3 Å². The summed E-state index contributed by atoms with van der Waals surface area (Å²) in [6.07, 6.45) is -0.0232. The third-order valence-electron chi connectivity index (χ3n) is 3.30. The number of nitrogens with zero attached hydrogens (tertiary/aromatic N) is 2. The van der Waals surface area contributed by atoms with Crippen molar-refractivity contribution in [1.29, 1.82) is 0 Å². The van der Waals surface area contributed by atoms with E-state index in [1.807, 2.05) is 0 Å². The lowest BCUT2D eigenvalue weighted by atomic mass is 10.1. The summed E-state index contributed by atoms with van der Waals surface area (Å²) < 4.78 is 31.5. The second-order valence-corrected chi connectivity index (χ2v) is 4.54. The van der Waals surface area contributed by atoms with Crippen LogP contribution >= 0.6 is 0 Å². The Bertz CT molecular complexity index is 703. The van der Waals surface area contributed by atoms with Gasteiger partial charge < -0.3 is 9.64 Å². The summed E-state index contributed by atoms with van der Waals surface area (Å²) in [5.41, 5.74) is 0.0959. The number of rotatable bonds is 4. The van der Waals surface area contributed by atoms with Crippen LogP contribution in [-0.4, -0.2) is 29.1 Å². The first-order valence-electron chi connectivity index (χ1n) is 6.93. The van der Waals surface area contributed by atoms with Gasteiger partial charge >= 0.3 is 12.2 Å². The van der Waals surface area contributed by atoms with Gasteiger partial charge in [-0.2, -0.15) is 8.78 Å². The fourth-order valence-corrected chi connectivity index (χ4v) is 2.13. The van der Waals surface area contributed by atoms with Crippen LogP contribution in [0.1, 0.15) is 19.4 Å². The Morgan fingerprint density at radius 2 is 1.86 bits per heavy atom. The molecule has 0 saturated heterocycles. The average Bonchev–Trinajstić information content (AvgIpc) is 2.53. The zero-order chi connectivity index (χ0) is 16.1. The minimum atomic E-state index is -2.06. The summed E-state index contributed by atoms with van der Waals surface area (Å²) in [6.45, 7) is 4.26. The molecule has 22 heavy (non-hydrogen) atoms. The lowest BCUT2D eigenvalue weighted by Crippen LogP contribution is -2.30. The highest BCUT2D eigenvalue weighted by Gasteiger charge is 2.21. The first-order valence-corrected chi connectivity index (χ1v) is 6.93. The Hall–Kier alpha value is -2.50. The average molecular weight is 306 g/mol. The van der Waals surface area contributed by atoms with E-state index in [0.29, 0.717) is 23.9 Å². The summed E-state index contributed by atoms with van der Waals surface area (Å²) in [7, 11) is 0. The number of hydrogen-bond acceptors (Lipinski definition) is 3. The molecular weight excluding hydrogens is 290 g/mol. The number of carbonyl (C=O) groups is 1. The Balaban J connectivity index is 2.45. The van der Waals surface area contributed by atoms with Crippen molar-refractivity contribution < 1.29 is 18.3 Å². The summed E-state index contributed by atoms with van der Waals surface area (Å²) in [4.78, 5) is 17.2. The number of hydrogen-bond donors (Lipinski definition) is 0. The van der Waals surface area contributed by atoms with E-state index in [9.17, 15) is 13.6 Å². The number of pyridine rings is 1. The summed E-state index contributed by atoms with van der Waals surface area (Å²) in [5.74, 6) is -0.749. The minimum absolute atomic E-state index is 0.0959. The molecule has 1 aromatic heterocycles. The highest BCUT2D eigenvalue weighted by atomic mass is 19.3. The number of ether oxygens (including phenoxy) is 1. The second kappa shape index (κ2) is 6.98. The molecule has 116 valence electrons. The van der Waals surface area contributed by atoms with E-state index in [1.165, 1.54) is 11.1 Å². The minimum Gasteiger partial charge on any atom is -0.404 e. The molecule has 0 N–H and O–H groups in total. The molecule has 1 heterocycles. The lowest BCUT2D eigenvalue weighted by molar-refractivity contribution is 0.145. The molecule has 0 unspecified atom stereocenters. The van der Waals surface area contributed by atoms with Crippen molar-refractivity contribution in [2.45, 2.75) is 13.8 Å². The van der Waals surface area contributed by atoms with Crippen LogP contribution in [0.3, 0.4) is 0 Å². The van der Waals surface area contributed by atoms with Crippen LogP contribution in [0.15, 0.2) is 42.7 Å². The number of carbonyl (C=O) groups excluding carboxylic acids is 1. The van der Waals surface area contributed by atoms with Crippen molar-refractivity contribution in [1.82, 2.24) is 9.88 Å². The Morgan fingerprint density at radius 3 is 2.50 bits per heavy atom. The maximum Gasteiger partial charge on any atom is 0.415 e. The molecule has 0 saturated carbocycles. The highest BCUT2D eigenvalue weighted by Crippen LogP contribution is 2.29. The molecule has 0 bridgehead atoms. The van der Waals surface area contributed by atoms with E-state index < -0.39 is 17.9 Å². The van der Waals surface area contributed by atoms with Crippen LogP contribution in [0, 0.1) is 0 Å². The van der Waals surface area contributed by atoms with Gasteiger partial charge in [-0.15, -0.1) is 0 Å². The van der Waals surface area contributed by atoms with Gasteiger partial charge in [0.25, 0.3) is 0 Å². The van der Waals surface area contributed by atoms with Crippen molar-refractivity contribution in [2.24, 2.45) is 0 Å². The predicted octanol–water partition coefficient (Wildman–Crippen LogP) is 4.28.